The number of nitrogens with zero attached hydrogens (tertiary/aromatic N) is 3. The van der Waals surface area contributed by atoms with Crippen LogP contribution in [0.4, 0.5) is 5.13 Å². The van der Waals surface area contributed by atoms with Crippen molar-refractivity contribution >= 4 is 16.5 Å². The second-order valence-corrected chi connectivity index (χ2v) is 3.36. The molecular formula is C7H6N4OS. The van der Waals surface area contributed by atoms with Crippen molar-refractivity contribution in [2.75, 3.05) is 5.73 Å². The van der Waals surface area contributed by atoms with Gasteiger partial charge < -0.3 is 10.8 Å². The first-order valence-corrected chi connectivity index (χ1v) is 4.32. The molecule has 0 unspecified atom stereocenters. The Bertz CT molecular complexity index is 411. The normalized spacial score (nSPS) is 10.2. The SMILES string of the molecule is Nc1nnc(-c2ccc(O)cn2)s1. The van der Waals surface area contributed by atoms with Gasteiger partial charge in [-0.1, -0.05) is 11.3 Å². The molecular weight excluding hydrogens is 188 g/mol. The second-order valence-electron chi connectivity index (χ2n) is 2.35. The summed E-state index contributed by atoms with van der Waals surface area (Å²) >= 11 is 1.26. The Morgan fingerprint density at radius 2 is 2.15 bits per heavy atom. The zero-order valence-electron chi connectivity index (χ0n) is 6.51. The largest absolute Gasteiger partial charge is 0.506 e. The number of anilines is 1. The van der Waals surface area contributed by atoms with Gasteiger partial charge in [-0.05, 0) is 12.1 Å². The highest BCUT2D eigenvalue weighted by atomic mass is 32.1. The van der Waals surface area contributed by atoms with Gasteiger partial charge >= 0.3 is 0 Å². The molecule has 2 aromatic heterocycles. The molecule has 6 heteroatoms. The van der Waals surface area contributed by atoms with Crippen molar-refractivity contribution in [3.63, 3.8) is 0 Å². The monoisotopic (exact) mass is 194 g/mol. The lowest BCUT2D eigenvalue weighted by atomic mass is 10.3. The molecule has 0 atom stereocenters. The average molecular weight is 194 g/mol. The topological polar surface area (TPSA) is 84.9 Å². The minimum Gasteiger partial charge on any atom is -0.506 e. The maximum absolute atomic E-state index is 8.99. The van der Waals surface area contributed by atoms with Gasteiger partial charge in [0.15, 0.2) is 5.01 Å². The van der Waals surface area contributed by atoms with E-state index in [-0.39, 0.29) is 5.75 Å². The van der Waals surface area contributed by atoms with E-state index in [1.807, 2.05) is 0 Å². The molecule has 0 spiro atoms. The summed E-state index contributed by atoms with van der Waals surface area (Å²) in [5.74, 6) is 0.126. The lowest BCUT2D eigenvalue weighted by Gasteiger charge is -1.93. The molecule has 2 rings (SSSR count). The number of aromatic nitrogens is 3. The number of hydrogen-bond acceptors (Lipinski definition) is 6. The van der Waals surface area contributed by atoms with Gasteiger partial charge in [-0.3, -0.25) is 0 Å². The Labute approximate surface area is 77.9 Å². The van der Waals surface area contributed by atoms with Crippen LogP contribution in [-0.2, 0) is 0 Å². The molecule has 0 fully saturated rings. The predicted octanol–water partition coefficient (Wildman–Crippen LogP) is 0.888. The summed E-state index contributed by atoms with van der Waals surface area (Å²) < 4.78 is 0. The molecule has 2 aromatic rings. The first kappa shape index (κ1) is 7.93. The summed E-state index contributed by atoms with van der Waals surface area (Å²) in [6.45, 7) is 0. The van der Waals surface area contributed by atoms with E-state index < -0.39 is 0 Å². The van der Waals surface area contributed by atoms with E-state index >= 15 is 0 Å². The Kier molecular flexibility index (Phi) is 1.82. The summed E-state index contributed by atoms with van der Waals surface area (Å²) in [4.78, 5) is 3.96. The van der Waals surface area contributed by atoms with Crippen LogP contribution in [0, 0.1) is 0 Å². The third-order valence-corrected chi connectivity index (χ3v) is 2.18. The fraction of sp³-hybridized carbons (Fsp3) is 0. The van der Waals surface area contributed by atoms with E-state index in [9.17, 15) is 0 Å². The van der Waals surface area contributed by atoms with Gasteiger partial charge in [-0.15, -0.1) is 10.2 Å². The van der Waals surface area contributed by atoms with Crippen molar-refractivity contribution in [3.05, 3.63) is 18.3 Å². The molecule has 0 aliphatic heterocycles. The van der Waals surface area contributed by atoms with E-state index in [2.05, 4.69) is 15.2 Å². The van der Waals surface area contributed by atoms with Crippen LogP contribution < -0.4 is 5.73 Å². The van der Waals surface area contributed by atoms with Crippen molar-refractivity contribution in [1.82, 2.24) is 15.2 Å². The highest BCUT2D eigenvalue weighted by Gasteiger charge is 2.04. The maximum atomic E-state index is 8.99. The van der Waals surface area contributed by atoms with Crippen LogP contribution in [0.15, 0.2) is 18.3 Å². The Balaban J connectivity index is 2.41. The second kappa shape index (κ2) is 2.98. The van der Waals surface area contributed by atoms with Crippen LogP contribution in [0.3, 0.4) is 0 Å². The molecule has 0 saturated heterocycles. The summed E-state index contributed by atoms with van der Waals surface area (Å²) in [7, 11) is 0. The van der Waals surface area contributed by atoms with Gasteiger partial charge in [0.25, 0.3) is 0 Å². The van der Waals surface area contributed by atoms with Crippen LogP contribution in [0.2, 0.25) is 0 Å². The number of nitrogens with two attached hydrogens (primary N) is 1. The van der Waals surface area contributed by atoms with E-state index in [4.69, 9.17) is 10.8 Å². The van der Waals surface area contributed by atoms with E-state index in [0.29, 0.717) is 15.8 Å². The third-order valence-electron chi connectivity index (χ3n) is 1.41. The number of rotatable bonds is 1. The molecule has 0 saturated carbocycles. The summed E-state index contributed by atoms with van der Waals surface area (Å²) in [6.07, 6.45) is 1.35. The van der Waals surface area contributed by atoms with E-state index in [1.54, 1.807) is 12.1 Å². The van der Waals surface area contributed by atoms with Crippen molar-refractivity contribution in [2.24, 2.45) is 0 Å². The zero-order valence-corrected chi connectivity index (χ0v) is 7.32. The van der Waals surface area contributed by atoms with Crippen molar-refractivity contribution in [1.29, 1.82) is 0 Å². The number of hydrogen-bond donors (Lipinski definition) is 2. The first-order valence-electron chi connectivity index (χ1n) is 3.50. The van der Waals surface area contributed by atoms with E-state index in [1.165, 1.54) is 17.5 Å². The highest BCUT2D eigenvalue weighted by Crippen LogP contribution is 2.23. The lowest BCUT2D eigenvalue weighted by molar-refractivity contribution is 0.473. The molecule has 0 radical (unpaired) electrons. The molecule has 0 amide bonds. The number of nitrogen functional groups attached to an aromatic ring is 1. The maximum Gasteiger partial charge on any atom is 0.203 e. The van der Waals surface area contributed by atoms with Crippen LogP contribution >= 0.6 is 11.3 Å². The highest BCUT2D eigenvalue weighted by molar-refractivity contribution is 7.18. The fourth-order valence-electron chi connectivity index (χ4n) is 0.851. The molecule has 0 aliphatic rings. The summed E-state index contributed by atoms with van der Waals surface area (Å²) in [5.41, 5.74) is 6.07. The molecule has 0 aromatic carbocycles. The quantitative estimate of drug-likeness (QED) is 0.704. The number of pyridine rings is 1. The number of aromatic hydroxyl groups is 1. The van der Waals surface area contributed by atoms with Gasteiger partial charge in [0.1, 0.15) is 11.4 Å². The van der Waals surface area contributed by atoms with Gasteiger partial charge in [0, 0.05) is 0 Å². The predicted molar refractivity (Wildman–Crippen MR) is 49.2 cm³/mol. The zero-order chi connectivity index (χ0) is 9.26. The Morgan fingerprint density at radius 3 is 2.69 bits per heavy atom. The van der Waals surface area contributed by atoms with Gasteiger partial charge in [-0.2, -0.15) is 0 Å². The standard InChI is InChI=1S/C7H6N4OS/c8-7-11-10-6(13-7)5-2-1-4(12)3-9-5/h1-3,12H,(H2,8,11). The minimum absolute atomic E-state index is 0.126. The molecule has 3 N–H and O–H groups in total. The van der Waals surface area contributed by atoms with Gasteiger partial charge in [0.2, 0.25) is 5.13 Å². The molecule has 66 valence electrons. The van der Waals surface area contributed by atoms with Crippen LogP contribution in [0.1, 0.15) is 0 Å². The molecule has 5 nitrogen and oxygen atoms in total. The fourth-order valence-corrected chi connectivity index (χ4v) is 1.44. The smallest absolute Gasteiger partial charge is 0.203 e. The minimum atomic E-state index is 0.126. The Morgan fingerprint density at radius 1 is 1.31 bits per heavy atom. The first-order chi connectivity index (χ1) is 6.25. The van der Waals surface area contributed by atoms with Crippen LogP contribution in [-0.4, -0.2) is 20.3 Å². The molecule has 0 aliphatic carbocycles. The Hall–Kier alpha value is -1.69. The average Bonchev–Trinajstić information content (AvgIpc) is 2.53. The van der Waals surface area contributed by atoms with Gasteiger partial charge in [0.05, 0.1) is 6.20 Å². The van der Waals surface area contributed by atoms with Gasteiger partial charge in [-0.25, -0.2) is 4.98 Å². The molecule has 13 heavy (non-hydrogen) atoms. The van der Waals surface area contributed by atoms with E-state index in [0.717, 1.165) is 0 Å². The van der Waals surface area contributed by atoms with Crippen LogP contribution in [0.5, 0.6) is 5.75 Å². The van der Waals surface area contributed by atoms with Crippen LogP contribution in [0.25, 0.3) is 10.7 Å². The summed E-state index contributed by atoms with van der Waals surface area (Å²) in [6, 6.07) is 3.20. The molecule has 0 bridgehead atoms. The van der Waals surface area contributed by atoms with Crippen molar-refractivity contribution < 1.29 is 5.11 Å². The van der Waals surface area contributed by atoms with Crippen molar-refractivity contribution in [2.45, 2.75) is 0 Å². The summed E-state index contributed by atoms with van der Waals surface area (Å²) in [5, 5.41) is 17.5. The third kappa shape index (κ3) is 1.57. The lowest BCUT2D eigenvalue weighted by Crippen LogP contribution is -1.81. The van der Waals surface area contributed by atoms with Crippen molar-refractivity contribution in [3.8, 4) is 16.5 Å². The molecule has 2 heterocycles.